The third kappa shape index (κ3) is 7.30. The van der Waals surface area contributed by atoms with Crippen molar-refractivity contribution in [2.45, 2.75) is 31.6 Å². The first-order chi connectivity index (χ1) is 15.8. The van der Waals surface area contributed by atoms with Gasteiger partial charge in [-0.25, -0.2) is 4.39 Å². The molecule has 192 valence electrons. The Bertz CT molecular complexity index is 1070. The number of aromatic nitrogens is 2. The van der Waals surface area contributed by atoms with Crippen LogP contribution in [0.2, 0.25) is 0 Å². The zero-order valence-corrected chi connectivity index (χ0v) is 20.3. The molecule has 1 fully saturated rings. The molecule has 1 saturated heterocycles. The van der Waals surface area contributed by atoms with Gasteiger partial charge >= 0.3 is 6.18 Å². The molecule has 6 nitrogen and oxygen atoms in total. The third-order valence-corrected chi connectivity index (χ3v) is 5.54. The van der Waals surface area contributed by atoms with Gasteiger partial charge in [0.2, 0.25) is 5.82 Å². The number of halogens is 6. The summed E-state index contributed by atoms with van der Waals surface area (Å²) in [5.74, 6) is -0.233. The Morgan fingerprint density at radius 2 is 1.69 bits per heavy atom. The Morgan fingerprint density at radius 1 is 1.03 bits per heavy atom. The SMILES string of the molecule is Cl.Cl.NC1CCN(Cc2ccc(-c3noc(-c4ccc(OCCF)c(C(F)(F)F)c4)n3)cc2)CC1. The summed E-state index contributed by atoms with van der Waals surface area (Å²) < 4.78 is 62.7. The fraction of sp³-hybridized carbons (Fsp3) is 0.391. The fourth-order valence-corrected chi connectivity index (χ4v) is 3.75. The Morgan fingerprint density at radius 3 is 2.31 bits per heavy atom. The number of likely N-dealkylation sites (tertiary alicyclic amines) is 1. The van der Waals surface area contributed by atoms with Crippen LogP contribution in [0.25, 0.3) is 22.8 Å². The smallest absolute Gasteiger partial charge is 0.419 e. The maximum absolute atomic E-state index is 13.4. The highest BCUT2D eigenvalue weighted by atomic mass is 35.5. The van der Waals surface area contributed by atoms with E-state index < -0.39 is 30.8 Å². The first kappa shape index (κ1) is 28.8. The lowest BCUT2D eigenvalue weighted by Crippen LogP contribution is -2.39. The molecule has 1 aromatic heterocycles. The zero-order valence-electron chi connectivity index (χ0n) is 18.6. The number of nitrogens with zero attached hydrogens (tertiary/aromatic N) is 3. The van der Waals surface area contributed by atoms with Crippen molar-refractivity contribution >= 4 is 24.8 Å². The standard InChI is InChI=1S/C23H24F4N4O2.2ClH/c24-9-12-32-20-6-5-17(13-19(20)23(25,26)27)22-29-21(30-33-22)16-3-1-15(2-4-16)14-31-10-7-18(28)8-11-31;;/h1-6,13,18H,7-12,14,28H2;2*1H. The summed E-state index contributed by atoms with van der Waals surface area (Å²) in [6.45, 7) is 1.40. The lowest BCUT2D eigenvalue weighted by Gasteiger charge is -2.30. The molecule has 0 spiro atoms. The van der Waals surface area contributed by atoms with E-state index in [4.69, 9.17) is 15.0 Å². The first-order valence-electron chi connectivity index (χ1n) is 10.6. The molecular weight excluding hydrogens is 511 g/mol. The lowest BCUT2D eigenvalue weighted by atomic mass is 10.0. The average molecular weight is 537 g/mol. The van der Waals surface area contributed by atoms with Crippen LogP contribution in [-0.4, -0.2) is 47.5 Å². The minimum absolute atomic E-state index is 0. The van der Waals surface area contributed by atoms with Gasteiger partial charge < -0.3 is 15.0 Å². The number of alkyl halides is 4. The molecule has 2 aromatic carbocycles. The number of piperidine rings is 1. The van der Waals surface area contributed by atoms with Crippen LogP contribution in [0.15, 0.2) is 47.0 Å². The van der Waals surface area contributed by atoms with Gasteiger partial charge in [-0.05, 0) is 49.7 Å². The van der Waals surface area contributed by atoms with Gasteiger partial charge in [-0.15, -0.1) is 24.8 Å². The van der Waals surface area contributed by atoms with E-state index in [1.54, 1.807) is 0 Å². The Kier molecular flexibility index (Phi) is 10.3. The summed E-state index contributed by atoms with van der Waals surface area (Å²) in [4.78, 5) is 6.60. The summed E-state index contributed by atoms with van der Waals surface area (Å²) in [6.07, 6.45) is -2.70. The van der Waals surface area contributed by atoms with Gasteiger partial charge in [-0.2, -0.15) is 18.2 Å². The summed E-state index contributed by atoms with van der Waals surface area (Å²) in [5.41, 5.74) is 6.83. The highest BCUT2D eigenvalue weighted by molar-refractivity contribution is 5.85. The van der Waals surface area contributed by atoms with Gasteiger partial charge in [0.1, 0.15) is 19.0 Å². The summed E-state index contributed by atoms with van der Waals surface area (Å²) in [6, 6.07) is 11.3. The third-order valence-electron chi connectivity index (χ3n) is 5.54. The van der Waals surface area contributed by atoms with Crippen molar-refractivity contribution < 1.29 is 26.8 Å². The minimum atomic E-state index is -4.68. The van der Waals surface area contributed by atoms with E-state index in [9.17, 15) is 17.6 Å². The number of hydrogen-bond acceptors (Lipinski definition) is 6. The first-order valence-corrected chi connectivity index (χ1v) is 10.6. The topological polar surface area (TPSA) is 77.4 Å². The quantitative estimate of drug-likeness (QED) is 0.399. The van der Waals surface area contributed by atoms with Crippen LogP contribution in [0, 0.1) is 0 Å². The maximum atomic E-state index is 13.4. The van der Waals surface area contributed by atoms with Crippen molar-refractivity contribution in [1.29, 1.82) is 0 Å². The van der Waals surface area contributed by atoms with E-state index >= 15 is 0 Å². The monoisotopic (exact) mass is 536 g/mol. The molecule has 12 heteroatoms. The average Bonchev–Trinajstić information content (AvgIpc) is 3.29. The largest absolute Gasteiger partial charge is 0.490 e. The van der Waals surface area contributed by atoms with Crippen LogP contribution in [-0.2, 0) is 12.7 Å². The highest BCUT2D eigenvalue weighted by Gasteiger charge is 2.35. The van der Waals surface area contributed by atoms with Gasteiger partial charge in [-0.3, -0.25) is 4.90 Å². The molecule has 1 aliphatic heterocycles. The van der Waals surface area contributed by atoms with Crippen molar-refractivity contribution in [3.8, 4) is 28.6 Å². The Hall–Kier alpha value is -2.40. The molecule has 0 atom stereocenters. The summed E-state index contributed by atoms with van der Waals surface area (Å²) in [7, 11) is 0. The van der Waals surface area contributed by atoms with E-state index in [0.29, 0.717) is 5.56 Å². The minimum Gasteiger partial charge on any atom is -0.490 e. The van der Waals surface area contributed by atoms with Crippen LogP contribution < -0.4 is 10.5 Å². The van der Waals surface area contributed by atoms with E-state index in [1.165, 1.54) is 6.07 Å². The number of ether oxygens (including phenoxy) is 1. The van der Waals surface area contributed by atoms with E-state index in [2.05, 4.69) is 15.0 Å². The highest BCUT2D eigenvalue weighted by Crippen LogP contribution is 2.38. The normalized spacial score (nSPS) is 14.8. The number of benzene rings is 2. The molecule has 2 heterocycles. The van der Waals surface area contributed by atoms with Crippen molar-refractivity contribution in [3.05, 3.63) is 53.6 Å². The van der Waals surface area contributed by atoms with Crippen LogP contribution in [0.1, 0.15) is 24.0 Å². The molecule has 3 aromatic rings. The predicted octanol–water partition coefficient (Wildman–Crippen LogP) is 5.54. The number of hydrogen-bond donors (Lipinski definition) is 1. The predicted molar refractivity (Wildman–Crippen MR) is 129 cm³/mol. The second-order valence-electron chi connectivity index (χ2n) is 7.98. The van der Waals surface area contributed by atoms with E-state index in [0.717, 1.165) is 50.2 Å². The van der Waals surface area contributed by atoms with Gasteiger partial charge in [-0.1, -0.05) is 29.4 Å². The molecule has 0 saturated carbocycles. The Labute approximate surface area is 212 Å². The molecule has 0 radical (unpaired) electrons. The Balaban J connectivity index is 0.00000216. The van der Waals surface area contributed by atoms with Crippen LogP contribution in [0.5, 0.6) is 5.75 Å². The molecule has 4 rings (SSSR count). The maximum Gasteiger partial charge on any atom is 0.419 e. The molecule has 0 amide bonds. The van der Waals surface area contributed by atoms with Gasteiger partial charge in [0, 0.05) is 23.7 Å². The molecule has 0 aliphatic carbocycles. The summed E-state index contributed by atoms with van der Waals surface area (Å²) in [5, 5.41) is 3.91. The van der Waals surface area contributed by atoms with E-state index in [-0.39, 0.29) is 48.1 Å². The molecule has 0 unspecified atom stereocenters. The van der Waals surface area contributed by atoms with Crippen LogP contribution >= 0.6 is 24.8 Å². The second kappa shape index (κ2) is 12.5. The van der Waals surface area contributed by atoms with Crippen molar-refractivity contribution in [1.82, 2.24) is 15.0 Å². The summed E-state index contributed by atoms with van der Waals surface area (Å²) >= 11 is 0. The molecule has 0 bridgehead atoms. The molecular formula is C23H26Cl2F4N4O2. The number of rotatable bonds is 7. The van der Waals surface area contributed by atoms with Gasteiger partial charge in [0.15, 0.2) is 0 Å². The lowest BCUT2D eigenvalue weighted by molar-refractivity contribution is -0.138. The van der Waals surface area contributed by atoms with Gasteiger partial charge in [0.25, 0.3) is 5.89 Å². The van der Waals surface area contributed by atoms with Crippen LogP contribution in [0.3, 0.4) is 0 Å². The molecule has 1 aliphatic rings. The van der Waals surface area contributed by atoms with Crippen molar-refractivity contribution in [2.75, 3.05) is 26.4 Å². The van der Waals surface area contributed by atoms with Crippen molar-refractivity contribution in [3.63, 3.8) is 0 Å². The van der Waals surface area contributed by atoms with E-state index in [1.807, 2.05) is 24.3 Å². The van der Waals surface area contributed by atoms with Gasteiger partial charge in [0.05, 0.1) is 5.56 Å². The molecule has 35 heavy (non-hydrogen) atoms. The fourth-order valence-electron chi connectivity index (χ4n) is 3.75. The zero-order chi connectivity index (χ0) is 23.4. The molecule has 2 N–H and O–H groups in total. The number of nitrogens with two attached hydrogens (primary N) is 1. The van der Waals surface area contributed by atoms with Crippen LogP contribution in [0.4, 0.5) is 17.6 Å². The second-order valence-corrected chi connectivity index (χ2v) is 7.98. The van der Waals surface area contributed by atoms with Crippen molar-refractivity contribution in [2.24, 2.45) is 5.73 Å².